The van der Waals surface area contributed by atoms with Crippen LogP contribution in [-0.4, -0.2) is 10.8 Å². The Kier molecular flexibility index (Phi) is 4.87. The fraction of sp³-hybridized carbons (Fsp3) is 0.333. The highest BCUT2D eigenvalue weighted by molar-refractivity contribution is 7.21. The Labute approximate surface area is 164 Å². The van der Waals surface area contributed by atoms with Crippen LogP contribution in [0.1, 0.15) is 51.3 Å². The largest absolute Gasteiger partial charge is 0.416 e. The lowest BCUT2D eigenvalue weighted by Crippen LogP contribution is -2.12. The summed E-state index contributed by atoms with van der Waals surface area (Å²) in [6.07, 6.45) is 0.369. The van der Waals surface area contributed by atoms with Gasteiger partial charge in [0, 0.05) is 17.5 Å². The maximum absolute atomic E-state index is 13.2. The number of nitrogen functional groups attached to an aromatic ring is 1. The Morgan fingerprint density at radius 1 is 1.14 bits per heavy atom. The van der Waals surface area contributed by atoms with Crippen molar-refractivity contribution in [3.05, 3.63) is 57.6 Å². The van der Waals surface area contributed by atoms with Crippen molar-refractivity contribution in [2.45, 2.75) is 44.7 Å². The Balaban J connectivity index is 1.70. The minimum absolute atomic E-state index is 0.0411. The van der Waals surface area contributed by atoms with Crippen molar-refractivity contribution in [1.82, 2.24) is 4.98 Å². The lowest BCUT2D eigenvalue weighted by atomic mass is 10.0. The Morgan fingerprint density at radius 3 is 2.68 bits per heavy atom. The fourth-order valence-corrected chi connectivity index (χ4v) is 4.78. The highest BCUT2D eigenvalue weighted by Crippen LogP contribution is 2.37. The molecule has 146 valence electrons. The molecule has 3 aromatic rings. The molecule has 0 atom stereocenters. The molecule has 0 saturated carbocycles. The van der Waals surface area contributed by atoms with E-state index in [1.165, 1.54) is 36.0 Å². The zero-order valence-electron chi connectivity index (χ0n) is 15.1. The molecule has 7 heteroatoms. The van der Waals surface area contributed by atoms with Crippen LogP contribution in [0.15, 0.2) is 30.3 Å². The summed E-state index contributed by atoms with van der Waals surface area (Å²) in [5, 5.41) is 0.734. The molecular weight excluding hydrogens is 385 g/mol. The highest BCUT2D eigenvalue weighted by atomic mass is 32.1. The number of thiophene rings is 1. The maximum atomic E-state index is 13.2. The number of fused-ring (bicyclic) bond motifs is 2. The van der Waals surface area contributed by atoms with Gasteiger partial charge in [0.1, 0.15) is 4.83 Å². The van der Waals surface area contributed by atoms with E-state index in [0.717, 1.165) is 48.4 Å². The van der Waals surface area contributed by atoms with Gasteiger partial charge in [0.25, 0.3) is 0 Å². The van der Waals surface area contributed by atoms with Crippen LogP contribution in [0.25, 0.3) is 10.2 Å². The first kappa shape index (κ1) is 18.9. The number of anilines is 1. The van der Waals surface area contributed by atoms with E-state index in [2.05, 4.69) is 0 Å². The quantitative estimate of drug-likeness (QED) is 0.457. The standard InChI is InChI=1S/C21H19F3N2OS/c22-21(23,24)15-8-5-4-6-12(15)11-17(27)19-18(25)14-10-13-7-2-1-3-9-16(13)26-20(14)28-19/h4-6,8,10H,1-3,7,9,11,25H2. The minimum Gasteiger partial charge on any atom is -0.397 e. The van der Waals surface area contributed by atoms with E-state index in [-0.39, 0.29) is 12.0 Å². The van der Waals surface area contributed by atoms with Crippen LogP contribution in [0.2, 0.25) is 0 Å². The van der Waals surface area contributed by atoms with Crippen LogP contribution in [0.5, 0.6) is 0 Å². The summed E-state index contributed by atoms with van der Waals surface area (Å²) in [6.45, 7) is 0. The number of rotatable bonds is 3. The lowest BCUT2D eigenvalue weighted by Gasteiger charge is -2.11. The lowest BCUT2D eigenvalue weighted by molar-refractivity contribution is -0.138. The molecule has 0 spiro atoms. The monoisotopic (exact) mass is 404 g/mol. The van der Waals surface area contributed by atoms with Gasteiger partial charge in [-0.3, -0.25) is 4.79 Å². The number of Topliss-reactive ketones (excluding diaryl/α,β-unsaturated/α-hetero) is 1. The van der Waals surface area contributed by atoms with Crippen molar-refractivity contribution in [2.75, 3.05) is 5.73 Å². The smallest absolute Gasteiger partial charge is 0.397 e. The first-order valence-corrected chi connectivity index (χ1v) is 10.1. The van der Waals surface area contributed by atoms with Gasteiger partial charge in [-0.2, -0.15) is 13.2 Å². The molecule has 0 bridgehead atoms. The number of ketones is 1. The maximum Gasteiger partial charge on any atom is 0.416 e. The average Bonchev–Trinajstić information content (AvgIpc) is 2.82. The van der Waals surface area contributed by atoms with E-state index in [0.29, 0.717) is 15.4 Å². The first-order chi connectivity index (χ1) is 13.3. The molecule has 2 heterocycles. The van der Waals surface area contributed by atoms with Crippen LogP contribution in [-0.2, 0) is 25.4 Å². The van der Waals surface area contributed by atoms with Crippen molar-refractivity contribution >= 4 is 33.0 Å². The topological polar surface area (TPSA) is 56.0 Å². The predicted octanol–water partition coefficient (Wildman–Crippen LogP) is 5.59. The third kappa shape index (κ3) is 3.51. The molecule has 1 aliphatic rings. The number of benzene rings is 1. The highest BCUT2D eigenvalue weighted by Gasteiger charge is 2.33. The zero-order valence-corrected chi connectivity index (χ0v) is 15.9. The molecule has 0 radical (unpaired) electrons. The third-order valence-electron chi connectivity index (χ3n) is 5.18. The summed E-state index contributed by atoms with van der Waals surface area (Å²) in [5.41, 5.74) is 7.93. The van der Waals surface area contributed by atoms with Gasteiger partial charge in [0.05, 0.1) is 16.1 Å². The summed E-state index contributed by atoms with van der Waals surface area (Å²) in [6, 6.07) is 7.17. The molecule has 2 aromatic heterocycles. The molecule has 1 aromatic carbocycles. The van der Waals surface area contributed by atoms with Crippen molar-refractivity contribution in [3.63, 3.8) is 0 Å². The minimum atomic E-state index is -4.50. The Morgan fingerprint density at radius 2 is 1.89 bits per heavy atom. The number of alkyl halides is 3. The number of nitrogens with zero attached hydrogens (tertiary/aromatic N) is 1. The number of carbonyl (C=O) groups excluding carboxylic acids is 1. The fourth-order valence-electron chi connectivity index (χ4n) is 3.75. The molecule has 4 rings (SSSR count). The van der Waals surface area contributed by atoms with Gasteiger partial charge in [-0.1, -0.05) is 24.6 Å². The van der Waals surface area contributed by atoms with Crippen LogP contribution < -0.4 is 5.73 Å². The number of aromatic nitrogens is 1. The van der Waals surface area contributed by atoms with Crippen LogP contribution >= 0.6 is 11.3 Å². The SMILES string of the molecule is Nc1c(C(=O)Cc2ccccc2C(F)(F)F)sc2nc3c(cc12)CCCCC3. The normalized spacial score (nSPS) is 14.7. The molecule has 0 fully saturated rings. The van der Waals surface area contributed by atoms with E-state index in [4.69, 9.17) is 10.7 Å². The van der Waals surface area contributed by atoms with Gasteiger partial charge in [-0.15, -0.1) is 11.3 Å². The van der Waals surface area contributed by atoms with Crippen LogP contribution in [0, 0.1) is 0 Å². The van der Waals surface area contributed by atoms with Crippen LogP contribution in [0.3, 0.4) is 0 Å². The number of halogens is 3. The summed E-state index contributed by atoms with van der Waals surface area (Å²) in [4.78, 5) is 18.5. The molecule has 0 unspecified atom stereocenters. The van der Waals surface area contributed by atoms with Crippen molar-refractivity contribution in [1.29, 1.82) is 0 Å². The molecule has 1 aliphatic carbocycles. The number of nitrogens with two attached hydrogens (primary N) is 1. The number of carbonyl (C=O) groups is 1. The second-order valence-electron chi connectivity index (χ2n) is 7.11. The summed E-state index contributed by atoms with van der Waals surface area (Å²) < 4.78 is 39.6. The summed E-state index contributed by atoms with van der Waals surface area (Å²) in [7, 11) is 0. The molecule has 3 nitrogen and oxygen atoms in total. The number of hydrogen-bond acceptors (Lipinski definition) is 4. The number of pyridine rings is 1. The molecule has 28 heavy (non-hydrogen) atoms. The third-order valence-corrected chi connectivity index (χ3v) is 6.33. The van der Waals surface area contributed by atoms with Gasteiger partial charge >= 0.3 is 6.18 Å². The van der Waals surface area contributed by atoms with E-state index >= 15 is 0 Å². The van der Waals surface area contributed by atoms with Gasteiger partial charge in [-0.05, 0) is 48.9 Å². The molecule has 0 amide bonds. The van der Waals surface area contributed by atoms with Gasteiger partial charge in [0.15, 0.2) is 5.78 Å². The van der Waals surface area contributed by atoms with Gasteiger partial charge < -0.3 is 5.73 Å². The second-order valence-corrected chi connectivity index (χ2v) is 8.11. The predicted molar refractivity (Wildman–Crippen MR) is 105 cm³/mol. The Bertz CT molecular complexity index is 1060. The molecule has 2 N–H and O–H groups in total. The molecule has 0 saturated heterocycles. The van der Waals surface area contributed by atoms with E-state index in [9.17, 15) is 18.0 Å². The van der Waals surface area contributed by atoms with Crippen molar-refractivity contribution in [2.24, 2.45) is 0 Å². The Hall–Kier alpha value is -2.41. The molecule has 0 aliphatic heterocycles. The van der Waals surface area contributed by atoms with Crippen molar-refractivity contribution < 1.29 is 18.0 Å². The summed E-state index contributed by atoms with van der Waals surface area (Å²) >= 11 is 1.18. The van der Waals surface area contributed by atoms with E-state index < -0.39 is 17.5 Å². The first-order valence-electron chi connectivity index (χ1n) is 9.23. The number of aryl methyl sites for hydroxylation is 2. The van der Waals surface area contributed by atoms with E-state index in [1.807, 2.05) is 6.07 Å². The average molecular weight is 404 g/mol. The second kappa shape index (κ2) is 7.20. The summed E-state index contributed by atoms with van der Waals surface area (Å²) in [5.74, 6) is -0.410. The van der Waals surface area contributed by atoms with Gasteiger partial charge in [0.2, 0.25) is 0 Å². The zero-order chi connectivity index (χ0) is 19.9. The van der Waals surface area contributed by atoms with Crippen LogP contribution in [0.4, 0.5) is 18.9 Å². The number of hydrogen-bond donors (Lipinski definition) is 1. The van der Waals surface area contributed by atoms with E-state index in [1.54, 1.807) is 0 Å². The van der Waals surface area contributed by atoms with Crippen molar-refractivity contribution in [3.8, 4) is 0 Å². The van der Waals surface area contributed by atoms with Gasteiger partial charge in [-0.25, -0.2) is 4.98 Å². The molecular formula is C21H19F3N2OS.